The second-order valence-corrected chi connectivity index (χ2v) is 7.78. The van der Waals surface area contributed by atoms with Crippen molar-refractivity contribution >= 4 is 28.9 Å². The summed E-state index contributed by atoms with van der Waals surface area (Å²) in [5.41, 5.74) is 6.98. The Morgan fingerprint density at radius 3 is 2.78 bits per heavy atom. The molecule has 0 amide bonds. The normalized spacial score (nSPS) is 11.5. The fourth-order valence-corrected chi connectivity index (χ4v) is 3.98. The van der Waals surface area contributed by atoms with E-state index in [2.05, 4.69) is 52.9 Å². The molecule has 0 aromatic carbocycles. The van der Waals surface area contributed by atoms with E-state index in [0.717, 1.165) is 34.4 Å². The summed E-state index contributed by atoms with van der Waals surface area (Å²) >= 11 is 0. The number of aliphatic imine (C=N–C) groups is 1. The van der Waals surface area contributed by atoms with E-state index in [1.165, 1.54) is 17.6 Å². The molecule has 0 atom stereocenters. The molecule has 3 aromatic heterocycles. The van der Waals surface area contributed by atoms with Crippen LogP contribution in [0.4, 0.5) is 5.69 Å². The van der Waals surface area contributed by atoms with Crippen molar-refractivity contribution in [1.29, 1.82) is 5.41 Å². The summed E-state index contributed by atoms with van der Waals surface area (Å²) in [4.78, 5) is 13.6. The molecule has 8 heteroatoms. The van der Waals surface area contributed by atoms with Crippen LogP contribution >= 0.6 is 0 Å². The second kappa shape index (κ2) is 10.3. The SMILES string of the molecule is CCOc1ncccc1-c1cc(NCC(=N)/N=C\NC)c2c(n1)c(C)c(CC)n2C(C)C. The third kappa shape index (κ3) is 4.59. The van der Waals surface area contributed by atoms with E-state index >= 15 is 0 Å². The lowest BCUT2D eigenvalue weighted by molar-refractivity contribution is 0.328. The summed E-state index contributed by atoms with van der Waals surface area (Å²) in [7, 11) is 1.76. The van der Waals surface area contributed by atoms with E-state index in [4.69, 9.17) is 15.1 Å². The van der Waals surface area contributed by atoms with Crippen molar-refractivity contribution in [1.82, 2.24) is 19.9 Å². The lowest BCUT2D eigenvalue weighted by Gasteiger charge is -2.18. The molecule has 0 aliphatic carbocycles. The van der Waals surface area contributed by atoms with Gasteiger partial charge < -0.3 is 19.9 Å². The maximum atomic E-state index is 8.12. The molecule has 0 fully saturated rings. The molecule has 0 saturated carbocycles. The van der Waals surface area contributed by atoms with E-state index in [9.17, 15) is 0 Å². The Balaban J connectivity index is 2.23. The molecule has 8 nitrogen and oxygen atoms in total. The molecule has 0 aliphatic rings. The summed E-state index contributed by atoms with van der Waals surface area (Å²) < 4.78 is 8.11. The minimum Gasteiger partial charge on any atom is -0.477 e. The van der Waals surface area contributed by atoms with Crippen LogP contribution in [0.3, 0.4) is 0 Å². The van der Waals surface area contributed by atoms with E-state index in [1.54, 1.807) is 13.2 Å². The van der Waals surface area contributed by atoms with Crippen LogP contribution < -0.4 is 15.4 Å². The molecule has 3 N–H and O–H groups in total. The second-order valence-electron chi connectivity index (χ2n) is 7.78. The van der Waals surface area contributed by atoms with Crippen molar-refractivity contribution in [3.8, 4) is 17.1 Å². The van der Waals surface area contributed by atoms with Gasteiger partial charge in [-0.15, -0.1) is 0 Å². The molecule has 3 rings (SSSR count). The van der Waals surface area contributed by atoms with Crippen LogP contribution in [-0.2, 0) is 6.42 Å². The fourth-order valence-electron chi connectivity index (χ4n) is 3.98. The largest absolute Gasteiger partial charge is 0.477 e. The lowest BCUT2D eigenvalue weighted by Crippen LogP contribution is -2.15. The van der Waals surface area contributed by atoms with Crippen molar-refractivity contribution in [3.63, 3.8) is 0 Å². The third-order valence-corrected chi connectivity index (χ3v) is 5.29. The summed E-state index contributed by atoms with van der Waals surface area (Å²) in [6, 6.07) is 6.16. The van der Waals surface area contributed by atoms with Crippen molar-refractivity contribution in [2.45, 2.75) is 47.1 Å². The fraction of sp³-hybridized carbons (Fsp3) is 0.417. The summed E-state index contributed by atoms with van der Waals surface area (Å²) in [5.74, 6) is 0.799. The smallest absolute Gasteiger partial charge is 0.222 e. The number of hydrogen-bond donors (Lipinski definition) is 3. The molecular weight excluding hydrogens is 402 g/mol. The van der Waals surface area contributed by atoms with Gasteiger partial charge in [-0.2, -0.15) is 0 Å². The number of nitrogens with one attached hydrogen (secondary N) is 3. The van der Waals surface area contributed by atoms with Crippen molar-refractivity contribution in [3.05, 3.63) is 35.7 Å². The summed E-state index contributed by atoms with van der Waals surface area (Å²) in [5, 5.41) is 14.4. The predicted octanol–water partition coefficient (Wildman–Crippen LogP) is 4.59. The Bertz CT molecular complexity index is 1130. The van der Waals surface area contributed by atoms with Gasteiger partial charge in [0.15, 0.2) is 0 Å². The number of aromatic nitrogens is 3. The maximum Gasteiger partial charge on any atom is 0.222 e. The monoisotopic (exact) mass is 435 g/mol. The van der Waals surface area contributed by atoms with Gasteiger partial charge in [-0.25, -0.2) is 15.0 Å². The highest BCUT2D eigenvalue weighted by Gasteiger charge is 2.22. The van der Waals surface area contributed by atoms with Gasteiger partial charge in [0.25, 0.3) is 0 Å². The minimum atomic E-state index is 0.234. The molecule has 3 aromatic rings. The van der Waals surface area contributed by atoms with Crippen LogP contribution in [0.1, 0.15) is 45.0 Å². The number of pyridine rings is 2. The average Bonchev–Trinajstić information content (AvgIpc) is 3.08. The molecular formula is C24H33N7O. The van der Waals surface area contributed by atoms with Crippen LogP contribution in [0.2, 0.25) is 0 Å². The first-order valence-corrected chi connectivity index (χ1v) is 11.1. The molecule has 0 spiro atoms. The maximum absolute atomic E-state index is 8.12. The number of aryl methyl sites for hydroxylation is 1. The highest BCUT2D eigenvalue weighted by atomic mass is 16.5. The number of nitrogens with zero attached hydrogens (tertiary/aromatic N) is 4. The van der Waals surface area contributed by atoms with Gasteiger partial charge in [-0.3, -0.25) is 5.41 Å². The molecule has 0 radical (unpaired) electrons. The van der Waals surface area contributed by atoms with E-state index in [0.29, 0.717) is 19.0 Å². The Labute approximate surface area is 189 Å². The Morgan fingerprint density at radius 2 is 2.12 bits per heavy atom. The number of anilines is 1. The van der Waals surface area contributed by atoms with Crippen LogP contribution in [0.25, 0.3) is 22.3 Å². The number of amidine groups is 1. The number of hydrogen-bond acceptors (Lipinski definition) is 5. The molecule has 0 saturated heterocycles. The first-order valence-electron chi connectivity index (χ1n) is 11.1. The molecule has 0 bridgehead atoms. The van der Waals surface area contributed by atoms with Gasteiger partial charge >= 0.3 is 0 Å². The van der Waals surface area contributed by atoms with Gasteiger partial charge in [0.05, 0.1) is 47.5 Å². The van der Waals surface area contributed by atoms with Crippen LogP contribution in [0, 0.1) is 12.3 Å². The molecule has 32 heavy (non-hydrogen) atoms. The van der Waals surface area contributed by atoms with Gasteiger partial charge in [0.2, 0.25) is 5.88 Å². The van der Waals surface area contributed by atoms with E-state index in [-0.39, 0.29) is 11.9 Å². The van der Waals surface area contributed by atoms with Gasteiger partial charge in [0.1, 0.15) is 5.84 Å². The summed E-state index contributed by atoms with van der Waals surface area (Å²) in [6.07, 6.45) is 4.15. The minimum absolute atomic E-state index is 0.234. The van der Waals surface area contributed by atoms with Crippen molar-refractivity contribution < 1.29 is 4.74 Å². The van der Waals surface area contributed by atoms with Crippen molar-refractivity contribution in [2.24, 2.45) is 4.99 Å². The quantitative estimate of drug-likeness (QED) is 0.337. The molecule has 3 heterocycles. The first-order chi connectivity index (χ1) is 15.4. The van der Waals surface area contributed by atoms with Crippen LogP contribution in [0.15, 0.2) is 29.4 Å². The predicted molar refractivity (Wildman–Crippen MR) is 132 cm³/mol. The van der Waals surface area contributed by atoms with Gasteiger partial charge in [-0.05, 0) is 57.9 Å². The molecule has 170 valence electrons. The Kier molecular flexibility index (Phi) is 7.45. The van der Waals surface area contributed by atoms with Crippen LogP contribution in [0.5, 0.6) is 5.88 Å². The number of fused-ring (bicyclic) bond motifs is 1. The number of ether oxygens (including phenoxy) is 1. The number of rotatable bonds is 9. The topological polar surface area (TPSA) is 100 Å². The van der Waals surface area contributed by atoms with E-state index in [1.807, 2.05) is 25.1 Å². The van der Waals surface area contributed by atoms with Crippen molar-refractivity contribution in [2.75, 3.05) is 25.5 Å². The first kappa shape index (κ1) is 23.2. The summed E-state index contributed by atoms with van der Waals surface area (Å²) in [6.45, 7) is 11.4. The van der Waals surface area contributed by atoms with Crippen LogP contribution in [-0.4, -0.2) is 46.9 Å². The molecule has 0 unspecified atom stereocenters. The standard InChI is InChI=1S/C24H33N7O/c1-7-20-16(5)22-23(31(20)15(3)4)19(28-13-21(25)29-14-26-6)12-18(30-22)17-10-9-11-27-24(17)32-8-2/h9-12,14-15H,7-8,13H2,1-6H3,(H,28,30)(H2,25,26,29). The Morgan fingerprint density at radius 1 is 1.34 bits per heavy atom. The highest BCUT2D eigenvalue weighted by Crippen LogP contribution is 2.37. The zero-order chi connectivity index (χ0) is 23.3. The zero-order valence-electron chi connectivity index (χ0n) is 19.8. The molecule has 0 aliphatic heterocycles. The zero-order valence-corrected chi connectivity index (χ0v) is 19.8. The highest BCUT2D eigenvalue weighted by molar-refractivity contribution is 5.97. The average molecular weight is 436 g/mol. The lowest BCUT2D eigenvalue weighted by atomic mass is 10.1. The van der Waals surface area contributed by atoms with Gasteiger partial charge in [-0.1, -0.05) is 6.92 Å². The third-order valence-electron chi connectivity index (χ3n) is 5.29. The van der Waals surface area contributed by atoms with E-state index < -0.39 is 0 Å². The van der Waals surface area contributed by atoms with Gasteiger partial charge in [0, 0.05) is 25.0 Å². The Hall–Kier alpha value is -3.42.